The molecule has 4 nitrogen and oxygen atoms in total. The van der Waals surface area contributed by atoms with Crippen LogP contribution in [-0.2, 0) is 4.79 Å². The van der Waals surface area contributed by atoms with Gasteiger partial charge in [-0.25, -0.2) is 5.01 Å². The quantitative estimate of drug-likeness (QED) is 0.795. The van der Waals surface area contributed by atoms with Crippen LogP contribution in [0.3, 0.4) is 0 Å². The van der Waals surface area contributed by atoms with E-state index in [1.54, 1.807) is 5.01 Å². The summed E-state index contributed by atoms with van der Waals surface area (Å²) in [5.74, 6) is 0.106. The van der Waals surface area contributed by atoms with Crippen LogP contribution in [0.25, 0.3) is 0 Å². The van der Waals surface area contributed by atoms with Gasteiger partial charge in [0.05, 0.1) is 18.3 Å². The number of carbonyl (C=O) groups is 1. The van der Waals surface area contributed by atoms with E-state index in [1.807, 2.05) is 0 Å². The van der Waals surface area contributed by atoms with E-state index in [4.69, 9.17) is 5.10 Å². The van der Waals surface area contributed by atoms with E-state index in [1.165, 1.54) is 35.1 Å². The summed E-state index contributed by atoms with van der Waals surface area (Å²) in [6.45, 7) is 8.85. The first kappa shape index (κ1) is 18.9. The van der Waals surface area contributed by atoms with E-state index in [0.717, 1.165) is 30.8 Å². The predicted molar refractivity (Wildman–Crippen MR) is 114 cm³/mol. The first-order valence-corrected chi connectivity index (χ1v) is 10.3. The Kier molecular flexibility index (Phi) is 5.31. The van der Waals surface area contributed by atoms with Crippen molar-refractivity contribution in [3.63, 3.8) is 0 Å². The van der Waals surface area contributed by atoms with Crippen LogP contribution in [0.1, 0.15) is 53.1 Å². The van der Waals surface area contributed by atoms with Gasteiger partial charge in [-0.1, -0.05) is 48.0 Å². The van der Waals surface area contributed by atoms with Gasteiger partial charge >= 0.3 is 0 Å². The standard InChI is InChI=1S/C24H29N3O/c1-17-10-11-20(19(3)14-17)22-15-23(21-9-5-4-8-18(21)2)27(25-22)24(28)16-26-12-6-7-13-26/h4-5,8-11,14,23H,6-7,12-13,15-16H2,1-3H3. The molecule has 2 aromatic rings. The Labute approximate surface area is 167 Å². The third kappa shape index (κ3) is 3.74. The summed E-state index contributed by atoms with van der Waals surface area (Å²) >= 11 is 0. The highest BCUT2D eigenvalue weighted by atomic mass is 16.2. The molecule has 2 heterocycles. The third-order valence-electron chi connectivity index (χ3n) is 5.96. The van der Waals surface area contributed by atoms with Crippen LogP contribution in [0, 0.1) is 20.8 Å². The van der Waals surface area contributed by atoms with Crippen molar-refractivity contribution in [2.75, 3.05) is 19.6 Å². The molecule has 1 atom stereocenters. The molecule has 0 radical (unpaired) electrons. The number of hydrazone groups is 1. The molecule has 2 aliphatic rings. The molecule has 0 aliphatic carbocycles. The van der Waals surface area contributed by atoms with Gasteiger partial charge in [0.25, 0.3) is 5.91 Å². The number of carbonyl (C=O) groups excluding carboxylic acids is 1. The Hall–Kier alpha value is -2.46. The average molecular weight is 376 g/mol. The van der Waals surface area contributed by atoms with Crippen molar-refractivity contribution in [3.8, 4) is 0 Å². The van der Waals surface area contributed by atoms with Crippen LogP contribution in [0.5, 0.6) is 0 Å². The van der Waals surface area contributed by atoms with E-state index in [-0.39, 0.29) is 11.9 Å². The molecule has 1 amide bonds. The zero-order valence-electron chi connectivity index (χ0n) is 17.1. The molecule has 0 bridgehead atoms. The van der Waals surface area contributed by atoms with E-state index in [0.29, 0.717) is 6.54 Å². The topological polar surface area (TPSA) is 35.9 Å². The minimum absolute atomic E-state index is 0.0213. The van der Waals surface area contributed by atoms with Crippen LogP contribution in [0.2, 0.25) is 0 Å². The lowest BCUT2D eigenvalue weighted by molar-refractivity contribution is -0.134. The van der Waals surface area contributed by atoms with Crippen molar-refractivity contribution >= 4 is 11.6 Å². The van der Waals surface area contributed by atoms with Crippen LogP contribution < -0.4 is 0 Å². The SMILES string of the molecule is Cc1ccc(C2=NN(C(=O)CN3CCCC3)C(c3ccccc3C)C2)c(C)c1. The Morgan fingerprint density at radius 1 is 1.04 bits per heavy atom. The molecule has 0 N–H and O–H groups in total. The average Bonchev–Trinajstić information content (AvgIpc) is 3.32. The molecule has 4 rings (SSSR count). The highest BCUT2D eigenvalue weighted by Gasteiger charge is 2.35. The second-order valence-electron chi connectivity index (χ2n) is 8.16. The van der Waals surface area contributed by atoms with Crippen LogP contribution in [0.4, 0.5) is 0 Å². The molecule has 146 valence electrons. The van der Waals surface area contributed by atoms with Crippen LogP contribution >= 0.6 is 0 Å². The van der Waals surface area contributed by atoms with Crippen molar-refractivity contribution in [1.29, 1.82) is 0 Å². The maximum Gasteiger partial charge on any atom is 0.257 e. The first-order chi connectivity index (χ1) is 13.5. The molecule has 0 saturated carbocycles. The lowest BCUT2D eigenvalue weighted by Crippen LogP contribution is -2.37. The van der Waals surface area contributed by atoms with E-state index in [2.05, 4.69) is 68.1 Å². The van der Waals surface area contributed by atoms with Crippen molar-refractivity contribution in [1.82, 2.24) is 9.91 Å². The summed E-state index contributed by atoms with van der Waals surface area (Å²) in [5.41, 5.74) is 7.04. The van der Waals surface area contributed by atoms with Gasteiger partial charge in [0.15, 0.2) is 0 Å². The molecular formula is C24H29N3O. The Balaban J connectivity index is 1.67. The Morgan fingerprint density at radius 2 is 1.79 bits per heavy atom. The lowest BCUT2D eigenvalue weighted by atomic mass is 9.93. The van der Waals surface area contributed by atoms with Gasteiger partial charge in [0.1, 0.15) is 0 Å². The number of hydrogen-bond donors (Lipinski definition) is 0. The van der Waals surface area contributed by atoms with Crippen molar-refractivity contribution < 1.29 is 4.79 Å². The summed E-state index contributed by atoms with van der Waals surface area (Å²) < 4.78 is 0. The second kappa shape index (κ2) is 7.88. The molecule has 4 heteroatoms. The maximum absolute atomic E-state index is 13.2. The zero-order chi connectivity index (χ0) is 19.7. The van der Waals surface area contributed by atoms with Crippen LogP contribution in [-0.4, -0.2) is 41.2 Å². The highest BCUT2D eigenvalue weighted by molar-refractivity contribution is 6.04. The van der Waals surface area contributed by atoms with Gasteiger partial charge in [-0.2, -0.15) is 5.10 Å². The van der Waals surface area contributed by atoms with Gasteiger partial charge in [0, 0.05) is 12.0 Å². The monoisotopic (exact) mass is 375 g/mol. The molecule has 2 aliphatic heterocycles. The molecule has 1 saturated heterocycles. The van der Waals surface area contributed by atoms with Gasteiger partial charge in [-0.05, 0) is 63.4 Å². The molecule has 28 heavy (non-hydrogen) atoms. The number of aryl methyl sites for hydroxylation is 3. The number of amides is 1. The number of benzene rings is 2. The largest absolute Gasteiger partial charge is 0.294 e. The van der Waals surface area contributed by atoms with E-state index >= 15 is 0 Å². The zero-order valence-corrected chi connectivity index (χ0v) is 17.1. The van der Waals surface area contributed by atoms with E-state index in [9.17, 15) is 4.79 Å². The molecule has 1 unspecified atom stereocenters. The van der Waals surface area contributed by atoms with Crippen LogP contribution in [0.15, 0.2) is 47.6 Å². The fourth-order valence-corrected chi connectivity index (χ4v) is 4.45. The predicted octanol–water partition coefficient (Wildman–Crippen LogP) is 4.39. The summed E-state index contributed by atoms with van der Waals surface area (Å²) in [7, 11) is 0. The minimum Gasteiger partial charge on any atom is -0.294 e. The summed E-state index contributed by atoms with van der Waals surface area (Å²) in [5, 5.41) is 6.62. The fourth-order valence-electron chi connectivity index (χ4n) is 4.45. The first-order valence-electron chi connectivity index (χ1n) is 10.3. The number of hydrogen-bond acceptors (Lipinski definition) is 3. The third-order valence-corrected chi connectivity index (χ3v) is 5.96. The summed E-state index contributed by atoms with van der Waals surface area (Å²) in [6.07, 6.45) is 3.14. The highest BCUT2D eigenvalue weighted by Crippen LogP contribution is 2.35. The molecular weight excluding hydrogens is 346 g/mol. The van der Waals surface area contributed by atoms with Gasteiger partial charge in [-0.15, -0.1) is 0 Å². The molecule has 2 aromatic carbocycles. The summed E-state index contributed by atoms with van der Waals surface area (Å²) in [4.78, 5) is 15.4. The normalized spacial score (nSPS) is 19.9. The molecule has 0 spiro atoms. The molecule has 1 fully saturated rings. The fraction of sp³-hybridized carbons (Fsp3) is 0.417. The smallest absolute Gasteiger partial charge is 0.257 e. The van der Waals surface area contributed by atoms with E-state index < -0.39 is 0 Å². The number of nitrogens with zero attached hydrogens (tertiary/aromatic N) is 3. The lowest BCUT2D eigenvalue weighted by Gasteiger charge is -2.25. The van der Waals surface area contributed by atoms with Gasteiger partial charge in [-0.3, -0.25) is 9.69 Å². The minimum atomic E-state index is -0.0213. The maximum atomic E-state index is 13.2. The second-order valence-corrected chi connectivity index (χ2v) is 8.16. The van der Waals surface area contributed by atoms with Gasteiger partial charge in [0.2, 0.25) is 0 Å². The number of likely N-dealkylation sites (tertiary alicyclic amines) is 1. The molecule has 0 aromatic heterocycles. The van der Waals surface area contributed by atoms with Crippen molar-refractivity contribution in [2.24, 2.45) is 5.10 Å². The number of rotatable bonds is 4. The Bertz CT molecular complexity index is 912. The Morgan fingerprint density at radius 3 is 2.50 bits per heavy atom. The summed E-state index contributed by atoms with van der Waals surface area (Å²) in [6, 6.07) is 14.8. The van der Waals surface area contributed by atoms with Crippen molar-refractivity contribution in [2.45, 2.75) is 46.1 Å². The van der Waals surface area contributed by atoms with Gasteiger partial charge < -0.3 is 0 Å². The van der Waals surface area contributed by atoms with Crippen molar-refractivity contribution in [3.05, 3.63) is 70.3 Å².